The molecule has 0 aromatic rings. The normalized spacial score (nSPS) is 22.2. The maximum atomic E-state index is 12.2. The molecule has 1 heterocycles. The first kappa shape index (κ1) is 16.3. The summed E-state index contributed by atoms with van der Waals surface area (Å²) in [7, 11) is 0. The van der Waals surface area contributed by atoms with Crippen molar-refractivity contribution in [3.63, 3.8) is 0 Å². The minimum atomic E-state index is -0.413. The molecule has 1 rings (SSSR count). The molecule has 1 fully saturated rings. The highest BCUT2D eigenvalue weighted by molar-refractivity contribution is 5.68. The largest absolute Gasteiger partial charge is 0.444 e. The lowest BCUT2D eigenvalue weighted by Crippen LogP contribution is -2.46. The van der Waals surface area contributed by atoms with Gasteiger partial charge in [-0.2, -0.15) is 0 Å². The maximum Gasteiger partial charge on any atom is 0.410 e. The molecule has 2 unspecified atom stereocenters. The van der Waals surface area contributed by atoms with Gasteiger partial charge in [-0.15, -0.1) is 0 Å². The van der Waals surface area contributed by atoms with Crippen molar-refractivity contribution in [1.29, 1.82) is 0 Å². The monoisotopic (exact) mass is 270 g/mol. The zero-order chi connectivity index (χ0) is 14.5. The summed E-state index contributed by atoms with van der Waals surface area (Å²) in [5.41, 5.74) is 5.25. The number of amides is 1. The molecule has 0 aromatic carbocycles. The summed E-state index contributed by atoms with van der Waals surface area (Å²) in [6.45, 7) is 9.47. The van der Waals surface area contributed by atoms with Crippen molar-refractivity contribution >= 4 is 6.09 Å². The summed E-state index contributed by atoms with van der Waals surface area (Å²) in [6, 6.07) is 0.331. The quantitative estimate of drug-likeness (QED) is 0.853. The van der Waals surface area contributed by atoms with E-state index < -0.39 is 5.60 Å². The summed E-state index contributed by atoms with van der Waals surface area (Å²) < 4.78 is 5.50. The molecule has 0 saturated carbocycles. The van der Waals surface area contributed by atoms with Gasteiger partial charge in [0.25, 0.3) is 0 Å². The molecule has 0 aromatic heterocycles. The third kappa shape index (κ3) is 5.81. The van der Waals surface area contributed by atoms with E-state index in [-0.39, 0.29) is 6.09 Å². The van der Waals surface area contributed by atoms with E-state index >= 15 is 0 Å². The minimum absolute atomic E-state index is 0.155. The van der Waals surface area contributed by atoms with E-state index in [1.54, 1.807) is 0 Å². The fraction of sp³-hybridized carbons (Fsp3) is 0.933. The molecule has 0 spiro atoms. The number of rotatable bonds is 4. The van der Waals surface area contributed by atoms with Gasteiger partial charge >= 0.3 is 6.09 Å². The van der Waals surface area contributed by atoms with Gasteiger partial charge in [0.15, 0.2) is 0 Å². The Bertz CT molecular complexity index is 286. The lowest BCUT2D eigenvalue weighted by molar-refractivity contribution is 0.00824. The second-order valence-corrected chi connectivity index (χ2v) is 6.74. The molecule has 1 amide bonds. The van der Waals surface area contributed by atoms with Crippen molar-refractivity contribution in [2.75, 3.05) is 13.1 Å². The van der Waals surface area contributed by atoms with Gasteiger partial charge in [0.1, 0.15) is 5.60 Å². The lowest BCUT2D eigenvalue weighted by Gasteiger charge is -2.37. The first-order valence-corrected chi connectivity index (χ1v) is 7.53. The second-order valence-electron chi connectivity index (χ2n) is 6.74. The maximum absolute atomic E-state index is 12.2. The fourth-order valence-corrected chi connectivity index (χ4v) is 2.46. The molecular formula is C15H30N2O2. The molecule has 0 radical (unpaired) electrons. The van der Waals surface area contributed by atoms with Crippen molar-refractivity contribution in [1.82, 2.24) is 4.90 Å². The van der Waals surface area contributed by atoms with E-state index in [4.69, 9.17) is 10.5 Å². The summed E-state index contributed by atoms with van der Waals surface area (Å²) in [5.74, 6) is 0.530. The predicted molar refractivity (Wildman–Crippen MR) is 78.0 cm³/mol. The Labute approximate surface area is 117 Å². The lowest BCUT2D eigenvalue weighted by atomic mass is 9.94. The van der Waals surface area contributed by atoms with Gasteiger partial charge < -0.3 is 15.4 Å². The highest BCUT2D eigenvalue weighted by atomic mass is 16.6. The molecule has 0 bridgehead atoms. The fourth-order valence-electron chi connectivity index (χ4n) is 2.46. The van der Waals surface area contributed by atoms with Gasteiger partial charge in [0.2, 0.25) is 0 Å². The third-order valence-corrected chi connectivity index (χ3v) is 3.65. The molecular weight excluding hydrogens is 240 g/mol. The number of ether oxygens (including phenoxy) is 1. The third-order valence-electron chi connectivity index (χ3n) is 3.65. The van der Waals surface area contributed by atoms with E-state index in [2.05, 4.69) is 6.92 Å². The minimum Gasteiger partial charge on any atom is -0.444 e. The van der Waals surface area contributed by atoms with Crippen LogP contribution in [0.5, 0.6) is 0 Å². The standard InChI is InChI=1S/C15H30N2O2/c1-12(11-16)8-9-13-7-5-6-10-17(13)14(18)19-15(2,3)4/h12-13H,5-11,16H2,1-4H3. The second kappa shape index (κ2) is 7.13. The van der Waals surface area contributed by atoms with Gasteiger partial charge in [-0.25, -0.2) is 4.79 Å². The van der Waals surface area contributed by atoms with Crippen molar-refractivity contribution in [2.45, 2.75) is 71.4 Å². The zero-order valence-corrected chi connectivity index (χ0v) is 12.9. The number of carbonyl (C=O) groups excluding carboxylic acids is 1. The topological polar surface area (TPSA) is 55.6 Å². The van der Waals surface area contributed by atoms with Crippen molar-refractivity contribution < 1.29 is 9.53 Å². The van der Waals surface area contributed by atoms with Gasteiger partial charge in [-0.3, -0.25) is 0 Å². The Hall–Kier alpha value is -0.770. The van der Waals surface area contributed by atoms with Gasteiger partial charge in [-0.1, -0.05) is 6.92 Å². The van der Waals surface area contributed by atoms with Crippen LogP contribution in [0.25, 0.3) is 0 Å². The smallest absolute Gasteiger partial charge is 0.410 e. The van der Waals surface area contributed by atoms with Gasteiger partial charge in [0, 0.05) is 12.6 Å². The zero-order valence-electron chi connectivity index (χ0n) is 12.9. The average molecular weight is 270 g/mol. The number of carbonyl (C=O) groups is 1. The van der Waals surface area contributed by atoms with Gasteiger partial charge in [0.05, 0.1) is 0 Å². The molecule has 4 nitrogen and oxygen atoms in total. The van der Waals surface area contributed by atoms with Crippen molar-refractivity contribution in [3.05, 3.63) is 0 Å². The number of hydrogen-bond donors (Lipinski definition) is 1. The SMILES string of the molecule is CC(CN)CCC1CCCCN1C(=O)OC(C)(C)C. The summed E-state index contributed by atoms with van der Waals surface area (Å²) in [4.78, 5) is 14.1. The molecule has 1 saturated heterocycles. The van der Waals surface area contributed by atoms with Crippen LogP contribution < -0.4 is 5.73 Å². The van der Waals surface area contributed by atoms with E-state index in [1.165, 1.54) is 6.42 Å². The predicted octanol–water partition coefficient (Wildman–Crippen LogP) is 3.15. The van der Waals surface area contributed by atoms with Crippen LogP contribution in [0.4, 0.5) is 4.79 Å². The van der Waals surface area contributed by atoms with Crippen LogP contribution in [0.1, 0.15) is 59.8 Å². The Balaban J connectivity index is 2.54. The van der Waals surface area contributed by atoms with Crippen molar-refractivity contribution in [2.24, 2.45) is 11.7 Å². The van der Waals surface area contributed by atoms with Crippen LogP contribution in [-0.4, -0.2) is 35.7 Å². The number of nitrogens with zero attached hydrogens (tertiary/aromatic N) is 1. The van der Waals surface area contributed by atoms with Crippen LogP contribution in [0, 0.1) is 5.92 Å². The Morgan fingerprint density at radius 3 is 2.68 bits per heavy atom. The molecule has 0 aliphatic carbocycles. The number of piperidine rings is 1. The summed E-state index contributed by atoms with van der Waals surface area (Å²) >= 11 is 0. The molecule has 1 aliphatic heterocycles. The molecule has 1 aliphatic rings. The Morgan fingerprint density at radius 1 is 1.42 bits per heavy atom. The molecule has 4 heteroatoms. The Kier molecular flexibility index (Phi) is 6.11. The molecule has 19 heavy (non-hydrogen) atoms. The van der Waals surface area contributed by atoms with Gasteiger partial charge in [-0.05, 0) is 65.3 Å². The highest BCUT2D eigenvalue weighted by Crippen LogP contribution is 2.24. The van der Waals surface area contributed by atoms with Crippen LogP contribution in [0.2, 0.25) is 0 Å². The number of hydrogen-bond acceptors (Lipinski definition) is 3. The summed E-state index contributed by atoms with van der Waals surface area (Å²) in [5, 5.41) is 0. The number of nitrogens with two attached hydrogens (primary N) is 1. The van der Waals surface area contributed by atoms with Crippen LogP contribution >= 0.6 is 0 Å². The molecule has 112 valence electrons. The highest BCUT2D eigenvalue weighted by Gasteiger charge is 2.30. The average Bonchev–Trinajstić information content (AvgIpc) is 2.34. The molecule has 2 atom stereocenters. The van der Waals surface area contributed by atoms with Crippen molar-refractivity contribution in [3.8, 4) is 0 Å². The first-order chi connectivity index (χ1) is 8.83. The van der Waals surface area contributed by atoms with E-state index in [0.29, 0.717) is 12.0 Å². The van der Waals surface area contributed by atoms with E-state index in [0.717, 1.165) is 38.8 Å². The number of likely N-dealkylation sites (tertiary alicyclic amines) is 1. The first-order valence-electron chi connectivity index (χ1n) is 7.53. The van der Waals surface area contributed by atoms with Crippen LogP contribution in [0.3, 0.4) is 0 Å². The van der Waals surface area contributed by atoms with E-state index in [1.807, 2.05) is 25.7 Å². The summed E-state index contributed by atoms with van der Waals surface area (Å²) in [6.07, 6.45) is 5.36. The molecule has 2 N–H and O–H groups in total. The van der Waals surface area contributed by atoms with Crippen LogP contribution in [-0.2, 0) is 4.74 Å². The van der Waals surface area contributed by atoms with Crippen LogP contribution in [0.15, 0.2) is 0 Å². The van der Waals surface area contributed by atoms with E-state index in [9.17, 15) is 4.79 Å². The Morgan fingerprint density at radius 2 is 2.11 bits per heavy atom.